The van der Waals surface area contributed by atoms with Gasteiger partial charge in [0, 0.05) is 18.2 Å². The second kappa shape index (κ2) is 11.9. The van der Waals surface area contributed by atoms with Crippen LogP contribution in [0.1, 0.15) is 25.8 Å². The zero-order chi connectivity index (χ0) is 22.9. The third-order valence-electron chi connectivity index (χ3n) is 4.26. The van der Waals surface area contributed by atoms with Crippen LogP contribution in [0.5, 0.6) is 5.75 Å². The molecule has 0 aliphatic heterocycles. The summed E-state index contributed by atoms with van der Waals surface area (Å²) in [6, 6.07) is 13.6. The molecule has 2 aromatic carbocycles. The monoisotopic (exact) mass is 468 g/mol. The number of ether oxygens (including phenoxy) is 2. The number of halogens is 1. The predicted molar refractivity (Wildman–Crippen MR) is 123 cm³/mol. The van der Waals surface area contributed by atoms with Crippen molar-refractivity contribution in [2.45, 2.75) is 32.9 Å². The molecule has 2 rings (SSSR count). The van der Waals surface area contributed by atoms with Crippen LogP contribution in [0.25, 0.3) is 0 Å². The molecule has 0 aliphatic rings. The summed E-state index contributed by atoms with van der Waals surface area (Å²) in [5.41, 5.74) is 1.18. The highest BCUT2D eigenvalue weighted by molar-refractivity contribution is 7.92. The van der Waals surface area contributed by atoms with Crippen LogP contribution < -0.4 is 14.4 Å². The van der Waals surface area contributed by atoms with Crippen molar-refractivity contribution in [2.24, 2.45) is 0 Å². The van der Waals surface area contributed by atoms with E-state index >= 15 is 0 Å². The number of carbonyl (C=O) groups is 1. The third-order valence-corrected chi connectivity index (χ3v) is 5.77. The predicted octanol–water partition coefficient (Wildman–Crippen LogP) is 3.62. The minimum absolute atomic E-state index is 0.113. The Morgan fingerprint density at radius 1 is 1.13 bits per heavy atom. The van der Waals surface area contributed by atoms with E-state index in [0.717, 1.165) is 12.7 Å². The van der Waals surface area contributed by atoms with Crippen molar-refractivity contribution in [2.75, 3.05) is 30.3 Å². The molecule has 0 bridgehead atoms. The molecule has 1 amide bonds. The van der Waals surface area contributed by atoms with Crippen LogP contribution in [0.4, 0.5) is 5.69 Å². The lowest BCUT2D eigenvalue weighted by atomic mass is 10.2. The van der Waals surface area contributed by atoms with Gasteiger partial charge in [0.05, 0.1) is 24.6 Å². The summed E-state index contributed by atoms with van der Waals surface area (Å²) in [6.45, 7) is 5.01. The van der Waals surface area contributed by atoms with E-state index < -0.39 is 10.0 Å². The fraction of sp³-hybridized carbons (Fsp3) is 0.409. The summed E-state index contributed by atoms with van der Waals surface area (Å²) in [4.78, 5) is 11.9. The zero-order valence-corrected chi connectivity index (χ0v) is 19.6. The van der Waals surface area contributed by atoms with Gasteiger partial charge in [0.25, 0.3) is 5.91 Å². The van der Waals surface area contributed by atoms with Crippen LogP contribution in [0.15, 0.2) is 48.5 Å². The first-order valence-electron chi connectivity index (χ1n) is 9.99. The van der Waals surface area contributed by atoms with Gasteiger partial charge in [0.1, 0.15) is 5.75 Å². The Morgan fingerprint density at radius 3 is 2.42 bits per heavy atom. The van der Waals surface area contributed by atoms with Crippen LogP contribution in [0.3, 0.4) is 0 Å². The molecule has 2 aromatic rings. The molecule has 0 radical (unpaired) electrons. The molecule has 9 heteroatoms. The summed E-state index contributed by atoms with van der Waals surface area (Å²) >= 11 is 6.18. The fourth-order valence-electron chi connectivity index (χ4n) is 2.71. The third kappa shape index (κ3) is 8.77. The molecule has 0 heterocycles. The van der Waals surface area contributed by atoms with Crippen LogP contribution >= 0.6 is 11.6 Å². The van der Waals surface area contributed by atoms with Gasteiger partial charge in [0.2, 0.25) is 10.0 Å². The largest absolute Gasteiger partial charge is 0.484 e. The standard InChI is InChI=1S/C22H29ClN2O5S/c1-17(2)29-14-6-13-24-22(26)16-30-20-11-9-19(10-12-20)25(31(3,27)28)15-18-7-4-5-8-21(18)23/h4-5,7-12,17H,6,13-16H2,1-3H3,(H,24,26). The lowest BCUT2D eigenvalue weighted by molar-refractivity contribution is -0.123. The number of hydrogen-bond acceptors (Lipinski definition) is 5. The lowest BCUT2D eigenvalue weighted by Crippen LogP contribution is -2.30. The Balaban J connectivity index is 1.91. The number of sulfonamides is 1. The van der Waals surface area contributed by atoms with E-state index in [0.29, 0.717) is 35.2 Å². The number of carbonyl (C=O) groups excluding carboxylic acids is 1. The van der Waals surface area contributed by atoms with Crippen LogP contribution in [0, 0.1) is 0 Å². The van der Waals surface area contributed by atoms with Gasteiger partial charge in [-0.3, -0.25) is 9.10 Å². The SMILES string of the molecule is CC(C)OCCCNC(=O)COc1ccc(N(Cc2ccccc2Cl)S(C)(=O)=O)cc1. The molecule has 7 nitrogen and oxygen atoms in total. The molecule has 0 unspecified atom stereocenters. The number of hydrogen-bond donors (Lipinski definition) is 1. The fourth-order valence-corrected chi connectivity index (χ4v) is 3.78. The number of rotatable bonds is 12. The molecule has 1 N–H and O–H groups in total. The van der Waals surface area contributed by atoms with Gasteiger partial charge >= 0.3 is 0 Å². The van der Waals surface area contributed by atoms with Crippen molar-refractivity contribution in [3.8, 4) is 5.75 Å². The smallest absolute Gasteiger partial charge is 0.257 e. The maximum Gasteiger partial charge on any atom is 0.257 e. The first-order valence-corrected chi connectivity index (χ1v) is 12.2. The van der Waals surface area contributed by atoms with Gasteiger partial charge in [-0.1, -0.05) is 29.8 Å². The average Bonchev–Trinajstić information content (AvgIpc) is 2.71. The molecule has 0 saturated heterocycles. The lowest BCUT2D eigenvalue weighted by Gasteiger charge is -2.23. The zero-order valence-electron chi connectivity index (χ0n) is 18.0. The van der Waals surface area contributed by atoms with Crippen molar-refractivity contribution >= 4 is 33.2 Å². The molecule has 0 saturated carbocycles. The molecule has 0 fully saturated rings. The Hall–Kier alpha value is -2.29. The number of nitrogens with zero attached hydrogens (tertiary/aromatic N) is 1. The van der Waals surface area contributed by atoms with E-state index in [1.807, 2.05) is 13.8 Å². The van der Waals surface area contributed by atoms with E-state index in [1.54, 1.807) is 48.5 Å². The van der Waals surface area contributed by atoms with Crippen LogP contribution in [-0.2, 0) is 26.1 Å². The van der Waals surface area contributed by atoms with Gasteiger partial charge in [-0.15, -0.1) is 0 Å². The highest BCUT2D eigenvalue weighted by atomic mass is 35.5. The highest BCUT2D eigenvalue weighted by Crippen LogP contribution is 2.26. The summed E-state index contributed by atoms with van der Waals surface area (Å²) in [5.74, 6) is 0.235. The molecule has 31 heavy (non-hydrogen) atoms. The van der Waals surface area contributed by atoms with E-state index in [-0.39, 0.29) is 25.2 Å². The van der Waals surface area contributed by atoms with E-state index in [1.165, 1.54) is 4.31 Å². The second-order valence-electron chi connectivity index (χ2n) is 7.27. The van der Waals surface area contributed by atoms with Crippen molar-refractivity contribution in [3.63, 3.8) is 0 Å². The summed E-state index contributed by atoms with van der Waals surface area (Å²) in [5, 5.41) is 3.26. The first kappa shape index (κ1) is 25.0. The maximum atomic E-state index is 12.3. The summed E-state index contributed by atoms with van der Waals surface area (Å²) in [7, 11) is -3.53. The van der Waals surface area contributed by atoms with E-state index in [2.05, 4.69) is 5.32 Å². The Kier molecular flexibility index (Phi) is 9.61. The summed E-state index contributed by atoms with van der Waals surface area (Å²) in [6.07, 6.45) is 2.04. The van der Waals surface area contributed by atoms with Gasteiger partial charge < -0.3 is 14.8 Å². The quantitative estimate of drug-likeness (QED) is 0.481. The first-order chi connectivity index (χ1) is 14.7. The number of anilines is 1. The highest BCUT2D eigenvalue weighted by Gasteiger charge is 2.19. The molecule has 0 atom stereocenters. The van der Waals surface area contributed by atoms with Crippen molar-refractivity contribution in [1.29, 1.82) is 0 Å². The molecule has 170 valence electrons. The topological polar surface area (TPSA) is 84.9 Å². The Morgan fingerprint density at radius 2 is 1.81 bits per heavy atom. The van der Waals surface area contributed by atoms with Crippen molar-refractivity contribution < 1.29 is 22.7 Å². The number of nitrogens with one attached hydrogen (secondary N) is 1. The van der Waals surface area contributed by atoms with Crippen molar-refractivity contribution in [1.82, 2.24) is 5.32 Å². The minimum atomic E-state index is -3.53. The van der Waals surface area contributed by atoms with Crippen LogP contribution in [0.2, 0.25) is 5.02 Å². The van der Waals surface area contributed by atoms with Crippen LogP contribution in [-0.4, -0.2) is 46.4 Å². The summed E-state index contributed by atoms with van der Waals surface area (Å²) < 4.78 is 36.8. The number of benzene rings is 2. The normalized spacial score (nSPS) is 11.4. The molecular formula is C22H29ClN2O5S. The second-order valence-corrected chi connectivity index (χ2v) is 9.58. The Labute approximate surface area is 189 Å². The van der Waals surface area contributed by atoms with Crippen molar-refractivity contribution in [3.05, 3.63) is 59.1 Å². The van der Waals surface area contributed by atoms with Gasteiger partial charge in [-0.05, 0) is 56.2 Å². The molecular weight excluding hydrogens is 440 g/mol. The molecule has 0 aliphatic carbocycles. The van der Waals surface area contributed by atoms with Gasteiger partial charge in [-0.25, -0.2) is 8.42 Å². The van der Waals surface area contributed by atoms with Gasteiger partial charge in [-0.2, -0.15) is 0 Å². The Bertz CT molecular complexity index is 949. The van der Waals surface area contributed by atoms with E-state index in [9.17, 15) is 13.2 Å². The number of amides is 1. The molecule has 0 aromatic heterocycles. The molecule has 0 spiro atoms. The van der Waals surface area contributed by atoms with Gasteiger partial charge in [0.15, 0.2) is 6.61 Å². The van der Waals surface area contributed by atoms with E-state index in [4.69, 9.17) is 21.1 Å². The average molecular weight is 469 g/mol. The maximum absolute atomic E-state index is 12.3. The minimum Gasteiger partial charge on any atom is -0.484 e.